The van der Waals surface area contributed by atoms with E-state index in [-0.39, 0.29) is 23.8 Å². The quantitative estimate of drug-likeness (QED) is 0.844. The summed E-state index contributed by atoms with van der Waals surface area (Å²) in [7, 11) is 0. The van der Waals surface area contributed by atoms with Crippen LogP contribution in [-0.4, -0.2) is 51.4 Å². The van der Waals surface area contributed by atoms with Crippen molar-refractivity contribution in [2.24, 2.45) is 5.92 Å². The van der Waals surface area contributed by atoms with Gasteiger partial charge in [-0.3, -0.25) is 9.59 Å². The minimum absolute atomic E-state index is 0.0102. The molecule has 1 aromatic heterocycles. The van der Waals surface area contributed by atoms with E-state index in [2.05, 4.69) is 10.1 Å². The van der Waals surface area contributed by atoms with Gasteiger partial charge in [0, 0.05) is 38.4 Å². The molecule has 0 aromatic carbocycles. The van der Waals surface area contributed by atoms with Crippen molar-refractivity contribution in [1.29, 1.82) is 0 Å². The van der Waals surface area contributed by atoms with E-state index in [0.29, 0.717) is 24.8 Å². The van der Waals surface area contributed by atoms with Crippen molar-refractivity contribution in [2.75, 3.05) is 19.6 Å². The Bertz CT molecular complexity index is 632. The van der Waals surface area contributed by atoms with E-state index in [1.54, 1.807) is 6.92 Å². The van der Waals surface area contributed by atoms with E-state index in [1.807, 2.05) is 9.80 Å². The second kappa shape index (κ2) is 6.18. The number of carbonyl (C=O) groups is 2. The summed E-state index contributed by atoms with van der Waals surface area (Å²) >= 11 is 0. The van der Waals surface area contributed by atoms with E-state index in [0.717, 1.165) is 51.0 Å². The van der Waals surface area contributed by atoms with Crippen molar-refractivity contribution >= 4 is 11.8 Å². The maximum atomic E-state index is 12.9. The maximum Gasteiger partial charge on any atom is 0.229 e. The maximum absolute atomic E-state index is 12.9. The fraction of sp³-hybridized carbons (Fsp3) is 0.765. The largest absolute Gasteiger partial charge is 0.343 e. The van der Waals surface area contributed by atoms with E-state index in [9.17, 15) is 9.59 Å². The van der Waals surface area contributed by atoms with Crippen LogP contribution in [0.4, 0.5) is 0 Å². The monoisotopic (exact) mass is 332 g/mol. The Labute approximate surface area is 141 Å². The van der Waals surface area contributed by atoms with Crippen LogP contribution in [0.5, 0.6) is 0 Å². The van der Waals surface area contributed by atoms with Crippen LogP contribution in [0.1, 0.15) is 69.1 Å². The van der Waals surface area contributed by atoms with Gasteiger partial charge < -0.3 is 14.3 Å². The van der Waals surface area contributed by atoms with E-state index >= 15 is 0 Å². The van der Waals surface area contributed by atoms with Crippen molar-refractivity contribution in [3.8, 4) is 0 Å². The van der Waals surface area contributed by atoms with Crippen LogP contribution in [0.2, 0.25) is 0 Å². The van der Waals surface area contributed by atoms with Crippen molar-refractivity contribution < 1.29 is 14.1 Å². The SMILES string of the molecule is CC(=O)N1CCC(C(=O)N2CCC[C@@H]2c2noc(C3CC3)n2)CC1. The number of amides is 2. The van der Waals surface area contributed by atoms with Crippen LogP contribution in [-0.2, 0) is 9.59 Å². The van der Waals surface area contributed by atoms with Gasteiger partial charge in [-0.05, 0) is 38.5 Å². The summed E-state index contributed by atoms with van der Waals surface area (Å²) in [6.45, 7) is 3.71. The fourth-order valence-corrected chi connectivity index (χ4v) is 3.85. The molecule has 24 heavy (non-hydrogen) atoms. The van der Waals surface area contributed by atoms with Crippen molar-refractivity contribution in [1.82, 2.24) is 19.9 Å². The molecule has 2 aliphatic heterocycles. The molecule has 1 saturated carbocycles. The number of carbonyl (C=O) groups excluding carboxylic acids is 2. The Morgan fingerprint density at radius 1 is 1.08 bits per heavy atom. The first-order valence-electron chi connectivity index (χ1n) is 9.03. The van der Waals surface area contributed by atoms with Crippen molar-refractivity contribution in [3.05, 3.63) is 11.7 Å². The molecule has 1 atom stereocenters. The molecule has 0 radical (unpaired) electrons. The van der Waals surface area contributed by atoms with Crippen LogP contribution >= 0.6 is 0 Å². The summed E-state index contributed by atoms with van der Waals surface area (Å²) in [5, 5.41) is 4.14. The predicted octanol–water partition coefficient (Wildman–Crippen LogP) is 1.87. The van der Waals surface area contributed by atoms with Gasteiger partial charge in [0.15, 0.2) is 5.82 Å². The number of rotatable bonds is 3. The highest BCUT2D eigenvalue weighted by Gasteiger charge is 2.39. The second-order valence-electron chi connectivity index (χ2n) is 7.24. The van der Waals surface area contributed by atoms with Gasteiger partial charge in [0.2, 0.25) is 17.7 Å². The first-order valence-corrected chi connectivity index (χ1v) is 9.03. The molecule has 130 valence electrons. The number of likely N-dealkylation sites (tertiary alicyclic amines) is 2. The summed E-state index contributed by atoms with van der Waals surface area (Å²) in [5.74, 6) is 2.14. The minimum atomic E-state index is -0.0420. The fourth-order valence-electron chi connectivity index (χ4n) is 3.85. The molecule has 3 heterocycles. The lowest BCUT2D eigenvalue weighted by molar-refractivity contribution is -0.141. The van der Waals surface area contributed by atoms with Gasteiger partial charge in [0.05, 0.1) is 6.04 Å². The van der Waals surface area contributed by atoms with Crippen molar-refractivity contribution in [3.63, 3.8) is 0 Å². The highest BCUT2D eigenvalue weighted by molar-refractivity contribution is 5.80. The van der Waals surface area contributed by atoms with Gasteiger partial charge >= 0.3 is 0 Å². The van der Waals surface area contributed by atoms with Crippen LogP contribution in [0, 0.1) is 5.92 Å². The highest BCUT2D eigenvalue weighted by Crippen LogP contribution is 2.40. The van der Waals surface area contributed by atoms with Crippen LogP contribution in [0.25, 0.3) is 0 Å². The molecule has 3 fully saturated rings. The Hall–Kier alpha value is -1.92. The number of piperidine rings is 1. The van der Waals surface area contributed by atoms with E-state index in [1.165, 1.54) is 0 Å². The molecular formula is C17H24N4O3. The molecule has 1 aromatic rings. The molecule has 0 spiro atoms. The molecule has 7 nitrogen and oxygen atoms in total. The Balaban J connectivity index is 1.42. The van der Waals surface area contributed by atoms with E-state index < -0.39 is 0 Å². The summed E-state index contributed by atoms with van der Waals surface area (Å²) < 4.78 is 5.37. The van der Waals surface area contributed by atoms with Crippen molar-refractivity contribution in [2.45, 2.75) is 57.4 Å². The van der Waals surface area contributed by atoms with Crippen LogP contribution < -0.4 is 0 Å². The third kappa shape index (κ3) is 2.91. The zero-order valence-electron chi connectivity index (χ0n) is 14.1. The lowest BCUT2D eigenvalue weighted by Crippen LogP contribution is -2.43. The molecule has 0 N–H and O–H groups in total. The normalized spacial score (nSPS) is 25.3. The molecule has 7 heteroatoms. The molecule has 4 rings (SSSR count). The summed E-state index contributed by atoms with van der Waals surface area (Å²) in [4.78, 5) is 32.7. The predicted molar refractivity (Wildman–Crippen MR) is 84.9 cm³/mol. The molecule has 2 amide bonds. The summed E-state index contributed by atoms with van der Waals surface area (Å²) in [5.41, 5.74) is 0. The number of nitrogens with zero attached hydrogens (tertiary/aromatic N) is 4. The standard InChI is InChI=1S/C17H24N4O3/c1-11(22)20-9-6-13(7-10-20)17(23)21-8-2-3-14(21)15-18-16(24-19-15)12-4-5-12/h12-14H,2-10H2,1H3/t14-/m1/s1. The topological polar surface area (TPSA) is 79.5 Å². The van der Waals surface area contributed by atoms with Crippen LogP contribution in [0.15, 0.2) is 4.52 Å². The first kappa shape index (κ1) is 15.6. The van der Waals surface area contributed by atoms with Gasteiger partial charge in [0.1, 0.15) is 0 Å². The smallest absolute Gasteiger partial charge is 0.229 e. The molecule has 0 unspecified atom stereocenters. The van der Waals surface area contributed by atoms with Gasteiger partial charge in [-0.2, -0.15) is 4.98 Å². The van der Waals surface area contributed by atoms with Crippen LogP contribution in [0.3, 0.4) is 0 Å². The van der Waals surface area contributed by atoms with Gasteiger partial charge in [-0.1, -0.05) is 5.16 Å². The zero-order valence-corrected chi connectivity index (χ0v) is 14.1. The lowest BCUT2D eigenvalue weighted by atomic mass is 9.95. The number of aromatic nitrogens is 2. The molecular weight excluding hydrogens is 308 g/mol. The average molecular weight is 332 g/mol. The molecule has 0 bridgehead atoms. The third-order valence-electron chi connectivity index (χ3n) is 5.51. The van der Waals surface area contributed by atoms with Gasteiger partial charge in [0.25, 0.3) is 0 Å². The summed E-state index contributed by atoms with van der Waals surface area (Å²) in [6, 6.07) is -0.0420. The minimum Gasteiger partial charge on any atom is -0.343 e. The van der Waals surface area contributed by atoms with Gasteiger partial charge in [-0.25, -0.2) is 0 Å². The molecule has 2 saturated heterocycles. The summed E-state index contributed by atoms with van der Waals surface area (Å²) in [6.07, 6.45) is 5.65. The Kier molecular flexibility index (Phi) is 4.02. The third-order valence-corrected chi connectivity index (χ3v) is 5.51. The average Bonchev–Trinajstić information content (AvgIpc) is 3.12. The van der Waals surface area contributed by atoms with E-state index in [4.69, 9.17) is 4.52 Å². The zero-order chi connectivity index (χ0) is 16.7. The highest BCUT2D eigenvalue weighted by atomic mass is 16.5. The number of hydrogen-bond acceptors (Lipinski definition) is 5. The Morgan fingerprint density at radius 3 is 2.50 bits per heavy atom. The second-order valence-corrected chi connectivity index (χ2v) is 7.24. The Morgan fingerprint density at radius 2 is 1.83 bits per heavy atom. The molecule has 1 aliphatic carbocycles. The lowest BCUT2D eigenvalue weighted by Gasteiger charge is -2.33. The number of hydrogen-bond donors (Lipinski definition) is 0. The first-order chi connectivity index (χ1) is 11.6. The van der Waals surface area contributed by atoms with Gasteiger partial charge in [-0.15, -0.1) is 0 Å². The molecule has 3 aliphatic rings.